The standard InChI is InChI=1S/C13H27NO2/c1-5-15-13(16-6-2)7-8-14-10-11(3)9-12(14)4/h11-13H,5-10H2,1-4H3. The van der Waals surface area contributed by atoms with Crippen molar-refractivity contribution >= 4 is 0 Å². The zero-order chi connectivity index (χ0) is 12.0. The summed E-state index contributed by atoms with van der Waals surface area (Å²) >= 11 is 0. The molecule has 0 amide bonds. The van der Waals surface area contributed by atoms with Gasteiger partial charge in [-0.3, -0.25) is 0 Å². The summed E-state index contributed by atoms with van der Waals surface area (Å²) in [7, 11) is 0. The van der Waals surface area contributed by atoms with E-state index in [0.29, 0.717) is 0 Å². The summed E-state index contributed by atoms with van der Waals surface area (Å²) < 4.78 is 11.1. The Morgan fingerprint density at radius 3 is 2.25 bits per heavy atom. The SMILES string of the molecule is CCOC(CCN1CC(C)CC1C)OCC. The Kier molecular flexibility index (Phi) is 6.32. The lowest BCUT2D eigenvalue weighted by molar-refractivity contribution is -0.141. The van der Waals surface area contributed by atoms with Gasteiger partial charge < -0.3 is 14.4 Å². The highest BCUT2D eigenvalue weighted by Crippen LogP contribution is 2.22. The molecule has 0 bridgehead atoms. The minimum Gasteiger partial charge on any atom is -0.353 e. The van der Waals surface area contributed by atoms with E-state index in [-0.39, 0.29) is 6.29 Å². The smallest absolute Gasteiger partial charge is 0.158 e. The Labute approximate surface area is 100 Å². The van der Waals surface area contributed by atoms with Crippen LogP contribution in [0.25, 0.3) is 0 Å². The molecule has 3 nitrogen and oxygen atoms in total. The molecule has 0 aliphatic carbocycles. The van der Waals surface area contributed by atoms with Crippen LogP contribution in [0.5, 0.6) is 0 Å². The Bertz CT molecular complexity index is 181. The van der Waals surface area contributed by atoms with Gasteiger partial charge in [0.25, 0.3) is 0 Å². The molecule has 96 valence electrons. The largest absolute Gasteiger partial charge is 0.353 e. The lowest BCUT2D eigenvalue weighted by Crippen LogP contribution is -2.32. The fourth-order valence-electron chi connectivity index (χ4n) is 2.56. The third-order valence-corrected chi connectivity index (χ3v) is 3.27. The predicted molar refractivity (Wildman–Crippen MR) is 66.5 cm³/mol. The van der Waals surface area contributed by atoms with Gasteiger partial charge in [-0.1, -0.05) is 6.92 Å². The normalized spacial score (nSPS) is 26.8. The van der Waals surface area contributed by atoms with E-state index >= 15 is 0 Å². The first-order chi connectivity index (χ1) is 7.67. The molecule has 1 heterocycles. The van der Waals surface area contributed by atoms with Gasteiger partial charge in [-0.05, 0) is 33.1 Å². The lowest BCUT2D eigenvalue weighted by atomic mass is 10.1. The number of nitrogens with zero attached hydrogens (tertiary/aromatic N) is 1. The highest BCUT2D eigenvalue weighted by molar-refractivity contribution is 4.79. The number of rotatable bonds is 7. The van der Waals surface area contributed by atoms with Crippen molar-refractivity contribution in [3.05, 3.63) is 0 Å². The average Bonchev–Trinajstić information content (AvgIpc) is 2.54. The van der Waals surface area contributed by atoms with Crippen molar-refractivity contribution in [2.75, 3.05) is 26.3 Å². The molecule has 0 aromatic rings. The van der Waals surface area contributed by atoms with Gasteiger partial charge in [0.15, 0.2) is 6.29 Å². The van der Waals surface area contributed by atoms with E-state index in [1.54, 1.807) is 0 Å². The van der Waals surface area contributed by atoms with Crippen LogP contribution in [0.4, 0.5) is 0 Å². The van der Waals surface area contributed by atoms with Crippen LogP contribution in [0.15, 0.2) is 0 Å². The van der Waals surface area contributed by atoms with E-state index < -0.39 is 0 Å². The molecule has 2 atom stereocenters. The second-order valence-electron chi connectivity index (χ2n) is 4.81. The number of likely N-dealkylation sites (tertiary alicyclic amines) is 1. The molecule has 2 unspecified atom stereocenters. The highest BCUT2D eigenvalue weighted by atomic mass is 16.7. The Morgan fingerprint density at radius 2 is 1.81 bits per heavy atom. The van der Waals surface area contributed by atoms with E-state index in [0.717, 1.165) is 38.1 Å². The minimum absolute atomic E-state index is 0.0156. The zero-order valence-corrected chi connectivity index (χ0v) is 11.2. The van der Waals surface area contributed by atoms with Crippen LogP contribution in [0.1, 0.15) is 40.5 Å². The summed E-state index contributed by atoms with van der Waals surface area (Å²) in [5.74, 6) is 0.840. The molecule has 1 fully saturated rings. The van der Waals surface area contributed by atoms with Crippen molar-refractivity contribution in [1.29, 1.82) is 0 Å². The Morgan fingerprint density at radius 1 is 1.19 bits per heavy atom. The molecular formula is C13H27NO2. The quantitative estimate of drug-likeness (QED) is 0.626. The van der Waals surface area contributed by atoms with Gasteiger partial charge in [-0.25, -0.2) is 0 Å². The summed E-state index contributed by atoms with van der Waals surface area (Å²) in [5.41, 5.74) is 0. The predicted octanol–water partition coefficient (Wildman–Crippen LogP) is 2.51. The molecular weight excluding hydrogens is 202 g/mol. The van der Waals surface area contributed by atoms with Gasteiger partial charge in [0.2, 0.25) is 0 Å². The van der Waals surface area contributed by atoms with Crippen molar-refractivity contribution < 1.29 is 9.47 Å². The van der Waals surface area contributed by atoms with E-state index in [1.807, 2.05) is 13.8 Å². The molecule has 1 aliphatic rings. The summed E-state index contributed by atoms with van der Waals surface area (Å²) in [6.45, 7) is 12.5. The van der Waals surface area contributed by atoms with Gasteiger partial charge in [0.1, 0.15) is 0 Å². The number of hydrogen-bond acceptors (Lipinski definition) is 3. The molecule has 0 spiro atoms. The van der Waals surface area contributed by atoms with Crippen molar-refractivity contribution in [3.8, 4) is 0 Å². The van der Waals surface area contributed by atoms with Crippen LogP contribution >= 0.6 is 0 Å². The lowest BCUT2D eigenvalue weighted by Gasteiger charge is -2.24. The Balaban J connectivity index is 2.25. The molecule has 0 radical (unpaired) electrons. The molecule has 1 saturated heterocycles. The van der Waals surface area contributed by atoms with Gasteiger partial charge in [0.05, 0.1) is 0 Å². The molecule has 0 N–H and O–H groups in total. The van der Waals surface area contributed by atoms with Crippen LogP contribution in [0, 0.1) is 5.92 Å². The molecule has 0 aromatic heterocycles. The van der Waals surface area contributed by atoms with Crippen molar-refractivity contribution in [2.24, 2.45) is 5.92 Å². The summed E-state index contributed by atoms with van der Waals surface area (Å²) in [5, 5.41) is 0. The highest BCUT2D eigenvalue weighted by Gasteiger charge is 2.26. The molecule has 0 aromatic carbocycles. The first-order valence-corrected chi connectivity index (χ1v) is 6.64. The summed E-state index contributed by atoms with van der Waals surface area (Å²) in [4.78, 5) is 2.55. The van der Waals surface area contributed by atoms with Crippen LogP contribution in [-0.2, 0) is 9.47 Å². The first kappa shape index (κ1) is 13.9. The molecule has 16 heavy (non-hydrogen) atoms. The number of hydrogen-bond donors (Lipinski definition) is 0. The summed E-state index contributed by atoms with van der Waals surface area (Å²) in [6.07, 6.45) is 2.30. The third kappa shape index (κ3) is 4.40. The monoisotopic (exact) mass is 229 g/mol. The van der Waals surface area contributed by atoms with Crippen molar-refractivity contribution in [1.82, 2.24) is 4.90 Å². The molecule has 1 rings (SSSR count). The second-order valence-corrected chi connectivity index (χ2v) is 4.81. The maximum absolute atomic E-state index is 5.56. The van der Waals surface area contributed by atoms with E-state index in [1.165, 1.54) is 13.0 Å². The van der Waals surface area contributed by atoms with Crippen LogP contribution < -0.4 is 0 Å². The molecule has 1 aliphatic heterocycles. The Hall–Kier alpha value is -0.120. The van der Waals surface area contributed by atoms with E-state index in [9.17, 15) is 0 Å². The van der Waals surface area contributed by atoms with Crippen molar-refractivity contribution in [2.45, 2.75) is 52.9 Å². The van der Waals surface area contributed by atoms with Gasteiger partial charge >= 0.3 is 0 Å². The van der Waals surface area contributed by atoms with Gasteiger partial charge in [0, 0.05) is 38.8 Å². The first-order valence-electron chi connectivity index (χ1n) is 6.64. The van der Waals surface area contributed by atoms with Crippen LogP contribution in [0.2, 0.25) is 0 Å². The third-order valence-electron chi connectivity index (χ3n) is 3.27. The van der Waals surface area contributed by atoms with Crippen LogP contribution in [0.3, 0.4) is 0 Å². The topological polar surface area (TPSA) is 21.7 Å². The maximum Gasteiger partial charge on any atom is 0.158 e. The molecule has 3 heteroatoms. The minimum atomic E-state index is -0.0156. The summed E-state index contributed by atoms with van der Waals surface area (Å²) in [6, 6.07) is 0.721. The van der Waals surface area contributed by atoms with E-state index in [4.69, 9.17) is 9.47 Å². The van der Waals surface area contributed by atoms with E-state index in [2.05, 4.69) is 18.7 Å². The fourth-order valence-corrected chi connectivity index (χ4v) is 2.56. The van der Waals surface area contributed by atoms with Gasteiger partial charge in [-0.2, -0.15) is 0 Å². The second kappa shape index (κ2) is 7.25. The van der Waals surface area contributed by atoms with Crippen molar-refractivity contribution in [3.63, 3.8) is 0 Å². The zero-order valence-electron chi connectivity index (χ0n) is 11.2. The average molecular weight is 229 g/mol. The fraction of sp³-hybridized carbons (Fsp3) is 1.00. The van der Waals surface area contributed by atoms with Gasteiger partial charge in [-0.15, -0.1) is 0 Å². The molecule has 0 saturated carbocycles. The number of ether oxygens (including phenoxy) is 2. The van der Waals surface area contributed by atoms with Crippen LogP contribution in [-0.4, -0.2) is 43.5 Å². The maximum atomic E-state index is 5.56.